The Hall–Kier alpha value is -2.89. The number of benzene rings is 2. The molecule has 1 aromatic heterocycles. The molecule has 3 rings (SSSR count). The fraction of sp³-hybridized carbons (Fsp3) is 0.158. The Morgan fingerprint density at radius 2 is 2.07 bits per heavy atom. The van der Waals surface area contributed by atoms with Crippen LogP contribution in [0.4, 0.5) is 16.5 Å². The van der Waals surface area contributed by atoms with Crippen LogP contribution in [0.25, 0.3) is 0 Å². The van der Waals surface area contributed by atoms with Crippen molar-refractivity contribution in [1.82, 2.24) is 10.2 Å². The van der Waals surface area contributed by atoms with Crippen molar-refractivity contribution in [2.24, 2.45) is 0 Å². The summed E-state index contributed by atoms with van der Waals surface area (Å²) in [6, 6.07) is 15.0. The maximum atomic E-state index is 12.1. The number of thioether (sulfide) groups is 1. The molecule has 0 saturated heterocycles. The number of aromatic nitrogens is 2. The second kappa shape index (κ2) is 8.66. The zero-order chi connectivity index (χ0) is 19.2. The van der Waals surface area contributed by atoms with E-state index in [9.17, 15) is 4.79 Å². The number of carbonyl (C=O) groups excluding carboxylic acids is 1. The van der Waals surface area contributed by atoms with Gasteiger partial charge >= 0.3 is 0 Å². The van der Waals surface area contributed by atoms with E-state index in [1.165, 1.54) is 28.7 Å². The van der Waals surface area contributed by atoms with Crippen LogP contribution in [0, 0.1) is 25.2 Å². The standard InChI is InChI=1S/C19H17N5OS2/c1-12-6-7-16(13(2)8-12)22-18-23-24-19(27-18)26-11-17(25)21-15-5-3-4-14(9-15)10-20/h3-9H,11H2,1-2H3,(H,21,25)(H,22,23). The Bertz CT molecular complexity index is 1010. The second-order valence-corrected chi connectivity index (χ2v) is 8.05. The highest BCUT2D eigenvalue weighted by atomic mass is 32.2. The first-order valence-electron chi connectivity index (χ1n) is 8.14. The van der Waals surface area contributed by atoms with Crippen LogP contribution >= 0.6 is 23.1 Å². The van der Waals surface area contributed by atoms with E-state index in [-0.39, 0.29) is 11.7 Å². The third kappa shape index (κ3) is 5.29. The average molecular weight is 396 g/mol. The predicted molar refractivity (Wildman–Crippen MR) is 110 cm³/mol. The van der Waals surface area contributed by atoms with Crippen molar-refractivity contribution < 1.29 is 4.79 Å². The summed E-state index contributed by atoms with van der Waals surface area (Å²) in [5.41, 5.74) is 4.44. The average Bonchev–Trinajstić information content (AvgIpc) is 3.10. The van der Waals surface area contributed by atoms with Crippen molar-refractivity contribution in [2.75, 3.05) is 16.4 Å². The molecule has 1 amide bonds. The van der Waals surface area contributed by atoms with Crippen LogP contribution in [0.1, 0.15) is 16.7 Å². The van der Waals surface area contributed by atoms with Gasteiger partial charge in [0.15, 0.2) is 4.34 Å². The number of hydrogen-bond donors (Lipinski definition) is 2. The minimum atomic E-state index is -0.158. The Morgan fingerprint density at radius 1 is 1.22 bits per heavy atom. The number of nitriles is 1. The normalized spacial score (nSPS) is 10.3. The van der Waals surface area contributed by atoms with Gasteiger partial charge in [0.25, 0.3) is 0 Å². The number of rotatable bonds is 6. The predicted octanol–water partition coefficient (Wildman–Crippen LogP) is 4.50. The number of nitrogens with zero attached hydrogens (tertiary/aromatic N) is 3. The van der Waals surface area contributed by atoms with Gasteiger partial charge in [0.2, 0.25) is 11.0 Å². The zero-order valence-electron chi connectivity index (χ0n) is 14.8. The summed E-state index contributed by atoms with van der Waals surface area (Å²) < 4.78 is 0.711. The van der Waals surface area contributed by atoms with E-state index in [2.05, 4.69) is 33.8 Å². The molecule has 0 spiro atoms. The lowest BCUT2D eigenvalue weighted by Crippen LogP contribution is -2.13. The first kappa shape index (κ1) is 18.9. The van der Waals surface area contributed by atoms with E-state index in [0.717, 1.165) is 11.3 Å². The molecule has 0 saturated carbocycles. The van der Waals surface area contributed by atoms with Crippen LogP contribution in [0.3, 0.4) is 0 Å². The second-order valence-electron chi connectivity index (χ2n) is 5.85. The van der Waals surface area contributed by atoms with Crippen molar-refractivity contribution >= 4 is 45.5 Å². The first-order valence-corrected chi connectivity index (χ1v) is 9.94. The maximum Gasteiger partial charge on any atom is 0.234 e. The van der Waals surface area contributed by atoms with Gasteiger partial charge in [0.1, 0.15) is 0 Å². The molecule has 0 aliphatic carbocycles. The molecular formula is C19H17N5OS2. The summed E-state index contributed by atoms with van der Waals surface area (Å²) in [6.45, 7) is 4.09. The molecule has 3 aromatic rings. The maximum absolute atomic E-state index is 12.1. The SMILES string of the molecule is Cc1ccc(Nc2nnc(SCC(=O)Nc3cccc(C#N)c3)s2)c(C)c1. The number of anilines is 3. The third-order valence-electron chi connectivity index (χ3n) is 3.63. The van der Waals surface area contributed by atoms with Gasteiger partial charge in [0, 0.05) is 11.4 Å². The fourth-order valence-electron chi connectivity index (χ4n) is 2.38. The third-order valence-corrected chi connectivity index (χ3v) is 5.60. The molecule has 0 radical (unpaired) electrons. The Labute approximate surface area is 165 Å². The number of aryl methyl sites for hydroxylation is 2. The Balaban J connectivity index is 1.54. The molecule has 0 aliphatic heterocycles. The van der Waals surface area contributed by atoms with Crippen molar-refractivity contribution in [3.63, 3.8) is 0 Å². The molecule has 0 unspecified atom stereocenters. The lowest BCUT2D eigenvalue weighted by molar-refractivity contribution is -0.113. The molecule has 2 aromatic carbocycles. The molecule has 0 aliphatic rings. The highest BCUT2D eigenvalue weighted by Crippen LogP contribution is 2.29. The van der Waals surface area contributed by atoms with Crippen LogP contribution in [0.2, 0.25) is 0 Å². The number of hydrogen-bond acceptors (Lipinski definition) is 7. The van der Waals surface area contributed by atoms with E-state index in [1.807, 2.05) is 25.1 Å². The summed E-state index contributed by atoms with van der Waals surface area (Å²) >= 11 is 2.73. The molecule has 8 heteroatoms. The highest BCUT2D eigenvalue weighted by Gasteiger charge is 2.10. The van der Waals surface area contributed by atoms with E-state index >= 15 is 0 Å². The Kier molecular flexibility index (Phi) is 6.06. The van der Waals surface area contributed by atoms with Gasteiger partial charge < -0.3 is 10.6 Å². The minimum Gasteiger partial charge on any atom is -0.330 e. The number of amides is 1. The fourth-order valence-corrected chi connectivity index (χ4v) is 3.94. The van der Waals surface area contributed by atoms with E-state index in [4.69, 9.17) is 5.26 Å². The lowest BCUT2D eigenvalue weighted by Gasteiger charge is -2.06. The number of carbonyl (C=O) groups is 1. The van der Waals surface area contributed by atoms with Gasteiger partial charge in [-0.25, -0.2) is 0 Å². The van der Waals surface area contributed by atoms with Gasteiger partial charge in [-0.3, -0.25) is 4.79 Å². The first-order chi connectivity index (χ1) is 13.0. The largest absolute Gasteiger partial charge is 0.330 e. The van der Waals surface area contributed by atoms with Gasteiger partial charge in [-0.15, -0.1) is 10.2 Å². The van der Waals surface area contributed by atoms with Gasteiger partial charge in [0.05, 0.1) is 17.4 Å². The molecule has 0 atom stereocenters. The smallest absolute Gasteiger partial charge is 0.234 e. The van der Waals surface area contributed by atoms with Gasteiger partial charge in [-0.05, 0) is 43.7 Å². The molecule has 1 heterocycles. The van der Waals surface area contributed by atoms with Crippen molar-refractivity contribution in [1.29, 1.82) is 5.26 Å². The van der Waals surface area contributed by atoms with Crippen molar-refractivity contribution in [3.8, 4) is 6.07 Å². The topological polar surface area (TPSA) is 90.7 Å². The molecular weight excluding hydrogens is 378 g/mol. The summed E-state index contributed by atoms with van der Waals surface area (Å²) in [7, 11) is 0. The van der Waals surface area contributed by atoms with Crippen molar-refractivity contribution in [3.05, 3.63) is 59.2 Å². The van der Waals surface area contributed by atoms with Crippen LogP contribution in [-0.2, 0) is 4.79 Å². The van der Waals surface area contributed by atoms with Crippen LogP contribution in [0.5, 0.6) is 0 Å². The molecule has 0 bridgehead atoms. The molecule has 2 N–H and O–H groups in total. The minimum absolute atomic E-state index is 0.158. The van der Waals surface area contributed by atoms with E-state index in [1.54, 1.807) is 24.3 Å². The van der Waals surface area contributed by atoms with E-state index < -0.39 is 0 Å². The highest BCUT2D eigenvalue weighted by molar-refractivity contribution is 8.01. The molecule has 136 valence electrons. The summed E-state index contributed by atoms with van der Waals surface area (Å²) in [5, 5.41) is 23.9. The van der Waals surface area contributed by atoms with Crippen LogP contribution in [0.15, 0.2) is 46.8 Å². The monoisotopic (exact) mass is 395 g/mol. The van der Waals surface area contributed by atoms with Gasteiger partial charge in [-0.1, -0.05) is 46.9 Å². The summed E-state index contributed by atoms with van der Waals surface area (Å²) in [4.78, 5) is 12.1. The molecule has 6 nitrogen and oxygen atoms in total. The summed E-state index contributed by atoms with van der Waals surface area (Å²) in [6.07, 6.45) is 0. The molecule has 27 heavy (non-hydrogen) atoms. The summed E-state index contributed by atoms with van der Waals surface area (Å²) in [5.74, 6) is 0.0591. The Morgan fingerprint density at radius 3 is 2.85 bits per heavy atom. The van der Waals surface area contributed by atoms with Crippen molar-refractivity contribution in [2.45, 2.75) is 18.2 Å². The number of nitrogens with one attached hydrogen (secondary N) is 2. The quantitative estimate of drug-likeness (QED) is 0.597. The molecule has 0 fully saturated rings. The zero-order valence-corrected chi connectivity index (χ0v) is 16.4. The van der Waals surface area contributed by atoms with Crippen LogP contribution < -0.4 is 10.6 Å². The van der Waals surface area contributed by atoms with E-state index in [0.29, 0.717) is 20.7 Å². The lowest BCUT2D eigenvalue weighted by atomic mass is 10.1. The van der Waals surface area contributed by atoms with Gasteiger partial charge in [-0.2, -0.15) is 5.26 Å². The van der Waals surface area contributed by atoms with Crippen LogP contribution in [-0.4, -0.2) is 21.9 Å².